The Kier molecular flexibility index (Phi) is 6.25. The SMILES string of the molecule is O=C(CNc1cccc(C(=O)N2CCCC2)c1)NCCc1ccccc1. The summed E-state index contributed by atoms with van der Waals surface area (Å²) in [6.07, 6.45) is 2.96. The zero-order valence-electron chi connectivity index (χ0n) is 14.9. The number of carbonyl (C=O) groups excluding carboxylic acids is 2. The fourth-order valence-electron chi connectivity index (χ4n) is 3.10. The van der Waals surface area contributed by atoms with Crippen molar-refractivity contribution in [2.24, 2.45) is 0 Å². The van der Waals surface area contributed by atoms with Gasteiger partial charge in [-0.25, -0.2) is 0 Å². The Morgan fingerprint density at radius 2 is 1.73 bits per heavy atom. The molecular weight excluding hydrogens is 326 g/mol. The number of rotatable bonds is 7. The van der Waals surface area contributed by atoms with Crippen molar-refractivity contribution in [1.29, 1.82) is 0 Å². The first-order valence-corrected chi connectivity index (χ1v) is 9.16. The quantitative estimate of drug-likeness (QED) is 0.806. The van der Waals surface area contributed by atoms with Gasteiger partial charge in [0, 0.05) is 30.9 Å². The summed E-state index contributed by atoms with van der Waals surface area (Å²) in [7, 11) is 0. The van der Waals surface area contributed by atoms with Gasteiger partial charge in [-0.05, 0) is 43.0 Å². The Labute approximate surface area is 154 Å². The van der Waals surface area contributed by atoms with Crippen LogP contribution in [0.5, 0.6) is 0 Å². The first-order chi connectivity index (χ1) is 12.7. The highest BCUT2D eigenvalue weighted by molar-refractivity contribution is 5.95. The number of nitrogens with zero attached hydrogens (tertiary/aromatic N) is 1. The summed E-state index contributed by atoms with van der Waals surface area (Å²) in [6.45, 7) is 2.47. The molecule has 1 aliphatic rings. The summed E-state index contributed by atoms with van der Waals surface area (Å²) in [6, 6.07) is 17.4. The van der Waals surface area contributed by atoms with E-state index in [9.17, 15) is 9.59 Å². The predicted molar refractivity (Wildman–Crippen MR) is 103 cm³/mol. The first-order valence-electron chi connectivity index (χ1n) is 9.16. The number of nitrogens with one attached hydrogen (secondary N) is 2. The zero-order chi connectivity index (χ0) is 18.2. The van der Waals surface area contributed by atoms with E-state index in [4.69, 9.17) is 0 Å². The van der Waals surface area contributed by atoms with Gasteiger partial charge in [0.25, 0.3) is 5.91 Å². The molecule has 0 saturated carbocycles. The van der Waals surface area contributed by atoms with E-state index in [1.54, 1.807) is 0 Å². The van der Waals surface area contributed by atoms with Gasteiger partial charge < -0.3 is 15.5 Å². The van der Waals surface area contributed by atoms with E-state index < -0.39 is 0 Å². The fraction of sp³-hybridized carbons (Fsp3) is 0.333. The lowest BCUT2D eigenvalue weighted by atomic mass is 10.1. The van der Waals surface area contributed by atoms with Crippen molar-refractivity contribution >= 4 is 17.5 Å². The largest absolute Gasteiger partial charge is 0.376 e. The third-order valence-electron chi connectivity index (χ3n) is 4.53. The number of benzene rings is 2. The van der Waals surface area contributed by atoms with E-state index in [2.05, 4.69) is 10.6 Å². The topological polar surface area (TPSA) is 61.4 Å². The number of hydrogen-bond donors (Lipinski definition) is 2. The molecular formula is C21H25N3O2. The molecule has 2 aromatic carbocycles. The van der Waals surface area contributed by atoms with Crippen LogP contribution in [0.4, 0.5) is 5.69 Å². The van der Waals surface area contributed by atoms with Crippen molar-refractivity contribution in [1.82, 2.24) is 10.2 Å². The summed E-state index contributed by atoms with van der Waals surface area (Å²) in [5, 5.41) is 6.00. The molecule has 0 unspecified atom stereocenters. The van der Waals surface area contributed by atoms with Crippen LogP contribution < -0.4 is 10.6 Å². The van der Waals surface area contributed by atoms with Crippen molar-refractivity contribution in [3.8, 4) is 0 Å². The minimum Gasteiger partial charge on any atom is -0.376 e. The minimum atomic E-state index is -0.0581. The molecule has 0 aliphatic carbocycles. The van der Waals surface area contributed by atoms with E-state index in [0.29, 0.717) is 12.1 Å². The Balaban J connectivity index is 1.44. The number of hydrogen-bond acceptors (Lipinski definition) is 3. The molecule has 0 spiro atoms. The summed E-state index contributed by atoms with van der Waals surface area (Å²) in [5.41, 5.74) is 2.66. The van der Waals surface area contributed by atoms with Crippen LogP contribution in [0, 0.1) is 0 Å². The Morgan fingerprint density at radius 3 is 2.50 bits per heavy atom. The van der Waals surface area contributed by atoms with Crippen molar-refractivity contribution in [2.75, 3.05) is 31.5 Å². The minimum absolute atomic E-state index is 0.0581. The van der Waals surface area contributed by atoms with Crippen LogP contribution in [0.1, 0.15) is 28.8 Å². The molecule has 1 heterocycles. The fourth-order valence-corrected chi connectivity index (χ4v) is 3.10. The molecule has 0 atom stereocenters. The number of carbonyl (C=O) groups is 2. The smallest absolute Gasteiger partial charge is 0.253 e. The highest BCUT2D eigenvalue weighted by atomic mass is 16.2. The van der Waals surface area contributed by atoms with E-state index in [-0.39, 0.29) is 18.4 Å². The second-order valence-corrected chi connectivity index (χ2v) is 6.52. The van der Waals surface area contributed by atoms with Crippen molar-refractivity contribution < 1.29 is 9.59 Å². The van der Waals surface area contributed by atoms with Crippen molar-refractivity contribution in [3.63, 3.8) is 0 Å². The summed E-state index contributed by atoms with van der Waals surface area (Å²) < 4.78 is 0. The Hall–Kier alpha value is -2.82. The van der Waals surface area contributed by atoms with Gasteiger partial charge in [0.2, 0.25) is 5.91 Å². The molecule has 0 radical (unpaired) electrons. The molecule has 1 saturated heterocycles. The van der Waals surface area contributed by atoms with Crippen LogP contribution in [0.3, 0.4) is 0 Å². The van der Waals surface area contributed by atoms with Gasteiger partial charge in [0.15, 0.2) is 0 Å². The monoisotopic (exact) mass is 351 g/mol. The molecule has 5 nitrogen and oxygen atoms in total. The summed E-state index contributed by atoms with van der Waals surface area (Å²) in [5.74, 6) is 0.00988. The maximum Gasteiger partial charge on any atom is 0.253 e. The van der Waals surface area contributed by atoms with Crippen LogP contribution in [0.25, 0.3) is 0 Å². The lowest BCUT2D eigenvalue weighted by molar-refractivity contribution is -0.119. The van der Waals surface area contributed by atoms with Crippen molar-refractivity contribution in [3.05, 3.63) is 65.7 Å². The zero-order valence-corrected chi connectivity index (χ0v) is 14.9. The van der Waals surface area contributed by atoms with Gasteiger partial charge in [0.1, 0.15) is 0 Å². The van der Waals surface area contributed by atoms with Crippen LogP contribution in [0.15, 0.2) is 54.6 Å². The van der Waals surface area contributed by atoms with Gasteiger partial charge in [-0.15, -0.1) is 0 Å². The summed E-state index contributed by atoms with van der Waals surface area (Å²) in [4.78, 5) is 26.3. The van der Waals surface area contributed by atoms with Crippen molar-refractivity contribution in [2.45, 2.75) is 19.3 Å². The highest BCUT2D eigenvalue weighted by Gasteiger charge is 2.19. The van der Waals surface area contributed by atoms with Gasteiger partial charge >= 0.3 is 0 Å². The van der Waals surface area contributed by atoms with E-state index in [1.165, 1.54) is 5.56 Å². The standard InChI is InChI=1S/C21H25N3O2/c25-20(22-12-11-17-7-2-1-3-8-17)16-23-19-10-6-9-18(15-19)21(26)24-13-4-5-14-24/h1-3,6-10,15,23H,4-5,11-14,16H2,(H,22,25). The second-order valence-electron chi connectivity index (χ2n) is 6.52. The molecule has 3 rings (SSSR count). The molecule has 0 bridgehead atoms. The molecule has 2 aromatic rings. The van der Waals surface area contributed by atoms with Gasteiger partial charge in [-0.3, -0.25) is 9.59 Å². The van der Waals surface area contributed by atoms with E-state index in [0.717, 1.165) is 38.0 Å². The maximum atomic E-state index is 12.4. The first kappa shape index (κ1) is 18.0. The number of amides is 2. The summed E-state index contributed by atoms with van der Waals surface area (Å²) >= 11 is 0. The molecule has 0 aromatic heterocycles. The van der Waals surface area contributed by atoms with Gasteiger partial charge in [0.05, 0.1) is 6.54 Å². The van der Waals surface area contributed by atoms with Crippen LogP contribution >= 0.6 is 0 Å². The van der Waals surface area contributed by atoms with Crippen LogP contribution in [-0.4, -0.2) is 42.9 Å². The Bertz CT molecular complexity index is 740. The lowest BCUT2D eigenvalue weighted by Gasteiger charge is -2.16. The van der Waals surface area contributed by atoms with Gasteiger partial charge in [-0.2, -0.15) is 0 Å². The van der Waals surface area contributed by atoms with E-state index >= 15 is 0 Å². The predicted octanol–water partition coefficient (Wildman–Crippen LogP) is 2.69. The number of likely N-dealkylation sites (tertiary alicyclic amines) is 1. The molecule has 2 N–H and O–H groups in total. The van der Waals surface area contributed by atoms with Crippen LogP contribution in [-0.2, 0) is 11.2 Å². The highest BCUT2D eigenvalue weighted by Crippen LogP contribution is 2.16. The third kappa shape index (κ3) is 5.09. The Morgan fingerprint density at radius 1 is 0.962 bits per heavy atom. The average molecular weight is 351 g/mol. The third-order valence-corrected chi connectivity index (χ3v) is 4.53. The van der Waals surface area contributed by atoms with Gasteiger partial charge in [-0.1, -0.05) is 36.4 Å². The lowest BCUT2D eigenvalue weighted by Crippen LogP contribution is -2.31. The molecule has 2 amide bonds. The molecule has 1 aliphatic heterocycles. The molecule has 5 heteroatoms. The second kappa shape index (κ2) is 9.04. The van der Waals surface area contributed by atoms with E-state index in [1.807, 2.05) is 59.5 Å². The average Bonchev–Trinajstić information content (AvgIpc) is 3.22. The van der Waals surface area contributed by atoms with Crippen LogP contribution in [0.2, 0.25) is 0 Å². The molecule has 26 heavy (non-hydrogen) atoms. The maximum absolute atomic E-state index is 12.4. The number of anilines is 1. The molecule has 136 valence electrons. The normalized spacial score (nSPS) is 13.5. The molecule has 1 fully saturated rings.